The fourth-order valence-corrected chi connectivity index (χ4v) is 3.59. The van der Waals surface area contributed by atoms with Crippen molar-refractivity contribution in [3.05, 3.63) is 59.6 Å². The lowest BCUT2D eigenvalue weighted by molar-refractivity contribution is 0.151. The Hall–Kier alpha value is -2.02. The quantitative estimate of drug-likeness (QED) is 0.799. The van der Waals surface area contributed by atoms with E-state index in [4.69, 9.17) is 4.42 Å². The van der Waals surface area contributed by atoms with Crippen LogP contribution in [0, 0.1) is 0 Å². The Morgan fingerprint density at radius 1 is 1.35 bits per heavy atom. The lowest BCUT2D eigenvalue weighted by Crippen LogP contribution is -2.45. The molecule has 1 unspecified atom stereocenters. The maximum Gasteiger partial charge on any atom is 0.236 e. The molecule has 4 rings (SSSR count). The van der Waals surface area contributed by atoms with Gasteiger partial charge in [-0.3, -0.25) is 9.88 Å². The number of aromatic nitrogens is 2. The van der Waals surface area contributed by atoms with E-state index in [1.54, 1.807) is 17.6 Å². The van der Waals surface area contributed by atoms with E-state index in [1.807, 2.05) is 36.0 Å². The van der Waals surface area contributed by atoms with Crippen LogP contribution in [0.5, 0.6) is 0 Å². The molecule has 0 spiro atoms. The van der Waals surface area contributed by atoms with Gasteiger partial charge in [0.05, 0.1) is 10.6 Å². The molecule has 118 valence electrons. The van der Waals surface area contributed by atoms with Crippen LogP contribution in [0.2, 0.25) is 0 Å². The Morgan fingerprint density at radius 3 is 3.17 bits per heavy atom. The molecule has 1 N–H and O–H groups in total. The monoisotopic (exact) mass is 326 g/mol. The van der Waals surface area contributed by atoms with Gasteiger partial charge in [-0.15, -0.1) is 11.3 Å². The van der Waals surface area contributed by atoms with Crippen molar-refractivity contribution in [1.29, 1.82) is 0 Å². The largest absolute Gasteiger partial charge is 0.444 e. The first kappa shape index (κ1) is 14.6. The van der Waals surface area contributed by atoms with Gasteiger partial charge in [-0.05, 0) is 23.1 Å². The molecule has 6 heteroatoms. The lowest BCUT2D eigenvalue weighted by atomic mass is 10.1. The van der Waals surface area contributed by atoms with Gasteiger partial charge in [0.25, 0.3) is 0 Å². The molecule has 23 heavy (non-hydrogen) atoms. The van der Waals surface area contributed by atoms with Gasteiger partial charge in [0.15, 0.2) is 0 Å². The molecular weight excluding hydrogens is 308 g/mol. The summed E-state index contributed by atoms with van der Waals surface area (Å²) in [7, 11) is 0. The van der Waals surface area contributed by atoms with Crippen LogP contribution < -0.4 is 5.32 Å². The van der Waals surface area contributed by atoms with Crippen LogP contribution in [0.1, 0.15) is 17.3 Å². The van der Waals surface area contributed by atoms with Crippen LogP contribution in [-0.4, -0.2) is 34.5 Å². The summed E-state index contributed by atoms with van der Waals surface area (Å²) in [5.74, 6) is 0.711. The molecule has 0 aromatic carbocycles. The molecule has 0 aliphatic carbocycles. The predicted molar refractivity (Wildman–Crippen MR) is 90.1 cm³/mol. The molecular formula is C17H18N4OS. The van der Waals surface area contributed by atoms with Crippen molar-refractivity contribution >= 4 is 11.3 Å². The first-order valence-corrected chi connectivity index (χ1v) is 8.61. The fraction of sp³-hybridized carbons (Fsp3) is 0.294. The van der Waals surface area contributed by atoms with Gasteiger partial charge < -0.3 is 9.73 Å². The van der Waals surface area contributed by atoms with E-state index >= 15 is 0 Å². The second-order valence-electron chi connectivity index (χ2n) is 5.60. The summed E-state index contributed by atoms with van der Waals surface area (Å²) >= 11 is 1.64. The molecule has 1 atom stereocenters. The van der Waals surface area contributed by atoms with Crippen LogP contribution in [0.15, 0.2) is 52.7 Å². The van der Waals surface area contributed by atoms with Gasteiger partial charge in [0.1, 0.15) is 6.26 Å². The maximum absolute atomic E-state index is 5.64. The van der Waals surface area contributed by atoms with Gasteiger partial charge in [-0.25, -0.2) is 4.98 Å². The number of oxazole rings is 1. The van der Waals surface area contributed by atoms with Crippen LogP contribution >= 0.6 is 11.3 Å². The molecule has 0 amide bonds. The van der Waals surface area contributed by atoms with Gasteiger partial charge in [0, 0.05) is 44.6 Å². The maximum atomic E-state index is 5.64. The minimum Gasteiger partial charge on any atom is -0.444 e. The third-order valence-corrected chi connectivity index (χ3v) is 4.93. The average Bonchev–Trinajstić information content (AvgIpc) is 3.27. The van der Waals surface area contributed by atoms with E-state index in [1.165, 1.54) is 5.56 Å². The van der Waals surface area contributed by atoms with Crippen molar-refractivity contribution in [2.24, 2.45) is 0 Å². The number of nitrogens with zero attached hydrogens (tertiary/aromatic N) is 3. The Kier molecular flexibility index (Phi) is 4.19. The first-order chi connectivity index (χ1) is 11.4. The summed E-state index contributed by atoms with van der Waals surface area (Å²) in [6, 6.07) is 8.49. The summed E-state index contributed by atoms with van der Waals surface area (Å²) in [6.45, 7) is 3.70. The number of piperazine rings is 1. The van der Waals surface area contributed by atoms with Gasteiger partial charge in [-0.1, -0.05) is 12.1 Å². The van der Waals surface area contributed by atoms with E-state index in [2.05, 4.69) is 26.3 Å². The zero-order valence-electron chi connectivity index (χ0n) is 12.7. The second-order valence-corrected chi connectivity index (χ2v) is 6.55. The van der Waals surface area contributed by atoms with Crippen molar-refractivity contribution in [3.8, 4) is 10.8 Å². The third-order valence-electron chi connectivity index (χ3n) is 4.07. The zero-order valence-corrected chi connectivity index (χ0v) is 13.5. The van der Waals surface area contributed by atoms with Gasteiger partial charge in [-0.2, -0.15) is 0 Å². The second kappa shape index (κ2) is 6.62. The number of nitrogens with one attached hydrogen (secondary N) is 1. The van der Waals surface area contributed by atoms with Crippen LogP contribution in [-0.2, 0) is 6.54 Å². The molecule has 3 aromatic heterocycles. The molecule has 1 aliphatic heterocycles. The first-order valence-electron chi connectivity index (χ1n) is 7.73. The van der Waals surface area contributed by atoms with Gasteiger partial charge >= 0.3 is 0 Å². The number of hydrogen-bond donors (Lipinski definition) is 1. The van der Waals surface area contributed by atoms with Crippen molar-refractivity contribution in [2.75, 3.05) is 19.6 Å². The highest BCUT2D eigenvalue weighted by atomic mass is 32.1. The zero-order chi connectivity index (χ0) is 15.5. The van der Waals surface area contributed by atoms with Crippen LogP contribution in [0.3, 0.4) is 0 Å². The molecule has 0 saturated carbocycles. The van der Waals surface area contributed by atoms with Gasteiger partial charge in [0.2, 0.25) is 5.89 Å². The molecule has 1 aliphatic rings. The van der Waals surface area contributed by atoms with E-state index in [-0.39, 0.29) is 0 Å². The lowest BCUT2D eigenvalue weighted by Gasteiger charge is -2.35. The topological polar surface area (TPSA) is 54.2 Å². The highest BCUT2D eigenvalue weighted by Gasteiger charge is 2.25. The summed E-state index contributed by atoms with van der Waals surface area (Å²) in [6.07, 6.45) is 5.54. The summed E-state index contributed by atoms with van der Waals surface area (Å²) in [4.78, 5) is 12.4. The Balaban J connectivity index is 1.52. The van der Waals surface area contributed by atoms with E-state index < -0.39 is 0 Å². The molecule has 3 aromatic rings. The SMILES string of the molecule is c1cncc(C2CNCCN2Cc2coc(-c3cccs3)n2)c1. The minimum atomic E-state index is 0.319. The number of thiophene rings is 1. The molecule has 1 fully saturated rings. The Bertz CT molecular complexity index is 741. The standard InChI is InChI=1S/C17H18N4OS/c1-3-13(9-18-5-1)15-10-19-6-7-21(15)11-14-12-22-17(20-14)16-4-2-8-23-16/h1-5,8-9,12,15,19H,6-7,10-11H2. The van der Waals surface area contributed by atoms with E-state index in [0.29, 0.717) is 11.9 Å². The highest BCUT2D eigenvalue weighted by Crippen LogP contribution is 2.26. The average molecular weight is 326 g/mol. The normalized spacial score (nSPS) is 19.0. The molecule has 0 bridgehead atoms. The smallest absolute Gasteiger partial charge is 0.236 e. The van der Waals surface area contributed by atoms with E-state index in [0.717, 1.165) is 36.8 Å². The fourth-order valence-electron chi connectivity index (χ4n) is 2.94. The number of rotatable bonds is 4. The number of hydrogen-bond acceptors (Lipinski definition) is 6. The van der Waals surface area contributed by atoms with Crippen LogP contribution in [0.4, 0.5) is 0 Å². The summed E-state index contributed by atoms with van der Waals surface area (Å²) in [5, 5.41) is 5.50. The highest BCUT2D eigenvalue weighted by molar-refractivity contribution is 7.13. The minimum absolute atomic E-state index is 0.319. The van der Waals surface area contributed by atoms with E-state index in [9.17, 15) is 0 Å². The summed E-state index contributed by atoms with van der Waals surface area (Å²) < 4.78 is 5.64. The number of pyridine rings is 1. The molecule has 0 radical (unpaired) electrons. The van der Waals surface area contributed by atoms with Crippen LogP contribution in [0.25, 0.3) is 10.8 Å². The van der Waals surface area contributed by atoms with Crippen molar-refractivity contribution < 1.29 is 4.42 Å². The summed E-state index contributed by atoms with van der Waals surface area (Å²) in [5.41, 5.74) is 2.21. The molecule has 4 heterocycles. The van der Waals surface area contributed by atoms with Crippen molar-refractivity contribution in [1.82, 2.24) is 20.2 Å². The Labute approximate surface area is 139 Å². The Morgan fingerprint density at radius 2 is 2.35 bits per heavy atom. The third kappa shape index (κ3) is 3.19. The molecule has 5 nitrogen and oxygen atoms in total. The molecule has 1 saturated heterocycles. The predicted octanol–water partition coefficient (Wildman–Crippen LogP) is 2.94. The van der Waals surface area contributed by atoms with Crippen molar-refractivity contribution in [3.63, 3.8) is 0 Å². The van der Waals surface area contributed by atoms with Crippen molar-refractivity contribution in [2.45, 2.75) is 12.6 Å².